The number of hydrogen-bond donors (Lipinski definition) is 1. The molecule has 1 heterocycles. The molecule has 1 rings (SSSR count). The summed E-state index contributed by atoms with van der Waals surface area (Å²) in [7, 11) is 1.92. The molecule has 1 unspecified atom stereocenters. The van der Waals surface area contributed by atoms with Crippen molar-refractivity contribution in [1.82, 2.24) is 5.32 Å². The van der Waals surface area contributed by atoms with Gasteiger partial charge in [-0.25, -0.2) is 0 Å². The zero-order valence-electron chi connectivity index (χ0n) is 6.85. The van der Waals surface area contributed by atoms with Gasteiger partial charge in [0.25, 0.3) is 0 Å². The standard InChI is InChI=1S/C8H15NO/c1-6(2)7(4-9-3)8-5-10-8/h4,6,8-9H,5H2,1-3H3/b7-4+. The average molecular weight is 141 g/mol. The van der Waals surface area contributed by atoms with Gasteiger partial charge in [-0.2, -0.15) is 0 Å². The Bertz CT molecular complexity index is 132. The van der Waals surface area contributed by atoms with Crippen molar-refractivity contribution in [2.75, 3.05) is 13.7 Å². The first kappa shape index (κ1) is 7.61. The summed E-state index contributed by atoms with van der Waals surface area (Å²) in [5.41, 5.74) is 1.38. The van der Waals surface area contributed by atoms with Crippen LogP contribution in [0.2, 0.25) is 0 Å². The molecule has 1 atom stereocenters. The van der Waals surface area contributed by atoms with Crippen molar-refractivity contribution in [3.8, 4) is 0 Å². The van der Waals surface area contributed by atoms with Crippen LogP contribution < -0.4 is 5.32 Å². The molecular formula is C8H15NO. The van der Waals surface area contributed by atoms with Crippen molar-refractivity contribution in [2.24, 2.45) is 5.92 Å². The largest absolute Gasteiger partial charge is 0.394 e. The van der Waals surface area contributed by atoms with Crippen LogP contribution in [0, 0.1) is 5.92 Å². The van der Waals surface area contributed by atoms with E-state index in [4.69, 9.17) is 4.74 Å². The highest BCUT2D eigenvalue weighted by molar-refractivity contribution is 5.14. The minimum absolute atomic E-state index is 0.410. The Morgan fingerprint density at radius 2 is 2.30 bits per heavy atom. The van der Waals surface area contributed by atoms with E-state index in [0.29, 0.717) is 12.0 Å². The fourth-order valence-corrected chi connectivity index (χ4v) is 1.04. The molecular weight excluding hydrogens is 126 g/mol. The van der Waals surface area contributed by atoms with Gasteiger partial charge in [0.15, 0.2) is 0 Å². The molecule has 0 saturated carbocycles. The molecule has 0 aromatic heterocycles. The van der Waals surface area contributed by atoms with E-state index in [1.54, 1.807) is 0 Å². The molecule has 2 heteroatoms. The van der Waals surface area contributed by atoms with Crippen LogP contribution in [-0.4, -0.2) is 19.8 Å². The third kappa shape index (κ3) is 1.74. The molecule has 58 valence electrons. The lowest BCUT2D eigenvalue weighted by molar-refractivity contribution is 0.418. The summed E-state index contributed by atoms with van der Waals surface area (Å²) in [6.07, 6.45) is 2.45. The molecule has 0 spiro atoms. The number of hydrogen-bond acceptors (Lipinski definition) is 2. The van der Waals surface area contributed by atoms with Gasteiger partial charge in [0.2, 0.25) is 0 Å². The fraction of sp³-hybridized carbons (Fsp3) is 0.750. The van der Waals surface area contributed by atoms with Gasteiger partial charge < -0.3 is 10.1 Å². The second-order valence-corrected chi connectivity index (χ2v) is 2.91. The Morgan fingerprint density at radius 3 is 2.60 bits per heavy atom. The number of nitrogens with one attached hydrogen (secondary N) is 1. The summed E-state index contributed by atoms with van der Waals surface area (Å²) >= 11 is 0. The van der Waals surface area contributed by atoms with E-state index in [2.05, 4.69) is 19.2 Å². The van der Waals surface area contributed by atoms with Gasteiger partial charge >= 0.3 is 0 Å². The zero-order chi connectivity index (χ0) is 7.56. The summed E-state index contributed by atoms with van der Waals surface area (Å²) < 4.78 is 5.18. The summed E-state index contributed by atoms with van der Waals surface area (Å²) in [4.78, 5) is 0. The fourth-order valence-electron chi connectivity index (χ4n) is 1.04. The quantitative estimate of drug-likeness (QED) is 0.596. The predicted molar refractivity (Wildman–Crippen MR) is 41.7 cm³/mol. The maximum absolute atomic E-state index is 5.18. The van der Waals surface area contributed by atoms with Gasteiger partial charge in [0.1, 0.15) is 6.10 Å². The molecule has 0 amide bonds. The summed E-state index contributed by atoms with van der Waals surface area (Å²) in [6.45, 7) is 5.28. The number of epoxide rings is 1. The van der Waals surface area contributed by atoms with E-state index in [1.807, 2.05) is 13.2 Å². The molecule has 0 aliphatic carbocycles. The molecule has 1 aliphatic rings. The van der Waals surface area contributed by atoms with Gasteiger partial charge in [-0.05, 0) is 17.7 Å². The van der Waals surface area contributed by atoms with Gasteiger partial charge in [-0.15, -0.1) is 0 Å². The zero-order valence-corrected chi connectivity index (χ0v) is 6.85. The van der Waals surface area contributed by atoms with Crippen molar-refractivity contribution in [1.29, 1.82) is 0 Å². The first-order valence-electron chi connectivity index (χ1n) is 3.74. The molecule has 1 N–H and O–H groups in total. The SMILES string of the molecule is CN/C=C(\C(C)C)C1CO1. The summed E-state index contributed by atoms with van der Waals surface area (Å²) in [5.74, 6) is 0.597. The highest BCUT2D eigenvalue weighted by Gasteiger charge is 2.28. The van der Waals surface area contributed by atoms with Crippen LogP contribution in [0.4, 0.5) is 0 Å². The highest BCUT2D eigenvalue weighted by Crippen LogP contribution is 2.24. The second-order valence-electron chi connectivity index (χ2n) is 2.91. The first-order valence-corrected chi connectivity index (χ1v) is 3.74. The molecule has 0 radical (unpaired) electrons. The third-order valence-corrected chi connectivity index (χ3v) is 1.68. The lowest BCUT2D eigenvalue weighted by Gasteiger charge is -2.06. The molecule has 1 aliphatic heterocycles. The monoisotopic (exact) mass is 141 g/mol. The molecule has 2 nitrogen and oxygen atoms in total. The van der Waals surface area contributed by atoms with Crippen molar-refractivity contribution < 1.29 is 4.74 Å². The molecule has 1 saturated heterocycles. The summed E-state index contributed by atoms with van der Waals surface area (Å²) in [6, 6.07) is 0. The molecule has 0 aromatic carbocycles. The molecule has 0 bridgehead atoms. The van der Waals surface area contributed by atoms with Crippen LogP contribution in [-0.2, 0) is 4.74 Å². The smallest absolute Gasteiger partial charge is 0.104 e. The maximum Gasteiger partial charge on any atom is 0.104 e. The van der Waals surface area contributed by atoms with Gasteiger partial charge in [0, 0.05) is 7.05 Å². The lowest BCUT2D eigenvalue weighted by atomic mass is 10.0. The Kier molecular flexibility index (Phi) is 2.33. The van der Waals surface area contributed by atoms with E-state index in [0.717, 1.165) is 6.61 Å². The normalized spacial score (nSPS) is 25.2. The van der Waals surface area contributed by atoms with E-state index < -0.39 is 0 Å². The van der Waals surface area contributed by atoms with Crippen molar-refractivity contribution in [3.05, 3.63) is 11.8 Å². The molecule has 10 heavy (non-hydrogen) atoms. The average Bonchev–Trinajstić information content (AvgIpc) is 2.63. The Labute approximate surface area is 62.3 Å². The Morgan fingerprint density at radius 1 is 1.70 bits per heavy atom. The third-order valence-electron chi connectivity index (χ3n) is 1.68. The topological polar surface area (TPSA) is 24.6 Å². The highest BCUT2D eigenvalue weighted by atomic mass is 16.6. The van der Waals surface area contributed by atoms with Crippen LogP contribution in [0.15, 0.2) is 11.8 Å². The number of rotatable bonds is 3. The maximum atomic E-state index is 5.18. The van der Waals surface area contributed by atoms with Crippen molar-refractivity contribution >= 4 is 0 Å². The van der Waals surface area contributed by atoms with Gasteiger partial charge in [-0.3, -0.25) is 0 Å². The Hall–Kier alpha value is -0.500. The van der Waals surface area contributed by atoms with Crippen LogP contribution in [0.5, 0.6) is 0 Å². The van der Waals surface area contributed by atoms with E-state index >= 15 is 0 Å². The second kappa shape index (κ2) is 3.06. The van der Waals surface area contributed by atoms with Gasteiger partial charge in [0.05, 0.1) is 6.61 Å². The Balaban J connectivity index is 2.49. The van der Waals surface area contributed by atoms with Crippen molar-refractivity contribution in [2.45, 2.75) is 20.0 Å². The molecule has 1 fully saturated rings. The van der Waals surface area contributed by atoms with Gasteiger partial charge in [-0.1, -0.05) is 13.8 Å². The van der Waals surface area contributed by atoms with E-state index in [1.165, 1.54) is 5.57 Å². The van der Waals surface area contributed by atoms with Crippen molar-refractivity contribution in [3.63, 3.8) is 0 Å². The summed E-state index contributed by atoms with van der Waals surface area (Å²) in [5, 5.41) is 3.03. The van der Waals surface area contributed by atoms with Crippen LogP contribution in [0.3, 0.4) is 0 Å². The lowest BCUT2D eigenvalue weighted by Crippen LogP contribution is -2.06. The van der Waals surface area contributed by atoms with Crippen LogP contribution >= 0.6 is 0 Å². The molecule has 0 aromatic rings. The van der Waals surface area contributed by atoms with Crippen LogP contribution in [0.1, 0.15) is 13.8 Å². The predicted octanol–water partition coefficient (Wildman–Crippen LogP) is 1.14. The van der Waals surface area contributed by atoms with E-state index in [-0.39, 0.29) is 0 Å². The van der Waals surface area contributed by atoms with E-state index in [9.17, 15) is 0 Å². The van der Waals surface area contributed by atoms with Crippen LogP contribution in [0.25, 0.3) is 0 Å². The number of ether oxygens (including phenoxy) is 1. The minimum atomic E-state index is 0.410. The minimum Gasteiger partial charge on any atom is -0.394 e. The first-order chi connectivity index (χ1) is 4.75.